The zero-order valence-electron chi connectivity index (χ0n) is 12.4. The van der Waals surface area contributed by atoms with Crippen LogP contribution in [-0.4, -0.2) is 41.6 Å². The fourth-order valence-electron chi connectivity index (χ4n) is 1.77. The SMILES string of the molecule is CC(C)N(C)CC(=O)N[C@@H](C)[C@H](O)c1cccc(F)c1. The first-order valence-corrected chi connectivity index (χ1v) is 6.74. The molecule has 5 heteroatoms. The summed E-state index contributed by atoms with van der Waals surface area (Å²) < 4.78 is 13.1. The zero-order valence-corrected chi connectivity index (χ0v) is 12.4. The lowest BCUT2D eigenvalue weighted by molar-refractivity contribution is -0.123. The maximum absolute atomic E-state index is 13.1. The summed E-state index contributed by atoms with van der Waals surface area (Å²) in [6, 6.07) is 5.55. The first-order valence-electron chi connectivity index (χ1n) is 6.74. The van der Waals surface area contributed by atoms with Gasteiger partial charge in [-0.05, 0) is 45.5 Å². The molecule has 0 heterocycles. The second kappa shape index (κ2) is 7.36. The van der Waals surface area contributed by atoms with Gasteiger partial charge >= 0.3 is 0 Å². The van der Waals surface area contributed by atoms with Crippen molar-refractivity contribution in [2.45, 2.75) is 39.0 Å². The Morgan fingerprint density at radius 2 is 2.05 bits per heavy atom. The zero-order chi connectivity index (χ0) is 15.3. The second-order valence-corrected chi connectivity index (χ2v) is 5.36. The highest BCUT2D eigenvalue weighted by molar-refractivity contribution is 5.78. The van der Waals surface area contributed by atoms with Crippen LogP contribution in [0.2, 0.25) is 0 Å². The van der Waals surface area contributed by atoms with Gasteiger partial charge in [0.15, 0.2) is 0 Å². The van der Waals surface area contributed by atoms with Gasteiger partial charge < -0.3 is 10.4 Å². The second-order valence-electron chi connectivity index (χ2n) is 5.36. The average molecular weight is 282 g/mol. The molecular formula is C15H23FN2O2. The van der Waals surface area contributed by atoms with Crippen LogP contribution in [0.3, 0.4) is 0 Å². The van der Waals surface area contributed by atoms with Crippen LogP contribution in [0.4, 0.5) is 4.39 Å². The van der Waals surface area contributed by atoms with Crippen LogP contribution in [-0.2, 0) is 4.79 Å². The van der Waals surface area contributed by atoms with Gasteiger partial charge in [0.2, 0.25) is 5.91 Å². The topological polar surface area (TPSA) is 52.6 Å². The Kier molecular flexibility index (Phi) is 6.10. The number of halogens is 1. The van der Waals surface area contributed by atoms with Gasteiger partial charge in [0.1, 0.15) is 5.82 Å². The highest BCUT2D eigenvalue weighted by atomic mass is 19.1. The molecule has 0 saturated carbocycles. The van der Waals surface area contributed by atoms with E-state index in [0.29, 0.717) is 5.56 Å². The number of likely N-dealkylation sites (N-methyl/N-ethyl adjacent to an activating group) is 1. The Labute approximate surface area is 119 Å². The third-order valence-corrected chi connectivity index (χ3v) is 3.33. The normalized spacial score (nSPS) is 14.4. The molecule has 2 N–H and O–H groups in total. The lowest BCUT2D eigenvalue weighted by atomic mass is 10.0. The highest BCUT2D eigenvalue weighted by Crippen LogP contribution is 2.17. The Morgan fingerprint density at radius 1 is 1.40 bits per heavy atom. The fraction of sp³-hybridized carbons (Fsp3) is 0.533. The van der Waals surface area contributed by atoms with Crippen molar-refractivity contribution in [1.82, 2.24) is 10.2 Å². The number of nitrogens with one attached hydrogen (secondary N) is 1. The highest BCUT2D eigenvalue weighted by Gasteiger charge is 2.19. The van der Waals surface area contributed by atoms with E-state index in [9.17, 15) is 14.3 Å². The molecule has 4 nitrogen and oxygen atoms in total. The van der Waals surface area contributed by atoms with Crippen molar-refractivity contribution in [2.24, 2.45) is 0 Å². The number of nitrogens with zero attached hydrogens (tertiary/aromatic N) is 1. The minimum Gasteiger partial charge on any atom is -0.386 e. The molecule has 0 aliphatic heterocycles. The maximum Gasteiger partial charge on any atom is 0.234 e. The molecule has 1 rings (SSSR count). The van der Waals surface area contributed by atoms with Crippen molar-refractivity contribution in [2.75, 3.05) is 13.6 Å². The predicted octanol–water partition coefficient (Wildman–Crippen LogP) is 1.70. The van der Waals surface area contributed by atoms with Crippen molar-refractivity contribution in [3.8, 4) is 0 Å². The van der Waals surface area contributed by atoms with Gasteiger partial charge in [0, 0.05) is 6.04 Å². The van der Waals surface area contributed by atoms with Gasteiger partial charge in [0.25, 0.3) is 0 Å². The Hall–Kier alpha value is -1.46. The van der Waals surface area contributed by atoms with E-state index in [2.05, 4.69) is 5.32 Å². The van der Waals surface area contributed by atoms with Gasteiger partial charge in [-0.15, -0.1) is 0 Å². The summed E-state index contributed by atoms with van der Waals surface area (Å²) in [4.78, 5) is 13.7. The summed E-state index contributed by atoms with van der Waals surface area (Å²) in [7, 11) is 1.86. The largest absolute Gasteiger partial charge is 0.386 e. The van der Waals surface area contributed by atoms with Gasteiger partial charge in [0.05, 0.1) is 18.7 Å². The standard InChI is InChI=1S/C15H23FN2O2/c1-10(2)18(4)9-14(19)17-11(3)15(20)12-6-5-7-13(16)8-12/h5-8,10-11,15,20H,9H2,1-4H3,(H,17,19)/t11-,15-/m0/s1. The minimum absolute atomic E-state index is 0.163. The van der Waals surface area contributed by atoms with Crippen LogP contribution in [0.1, 0.15) is 32.4 Å². The van der Waals surface area contributed by atoms with Crippen molar-refractivity contribution in [3.05, 3.63) is 35.6 Å². The summed E-state index contributed by atoms with van der Waals surface area (Å²) in [5.74, 6) is -0.566. The van der Waals surface area contributed by atoms with Crippen molar-refractivity contribution in [3.63, 3.8) is 0 Å². The van der Waals surface area contributed by atoms with E-state index in [1.54, 1.807) is 13.0 Å². The molecule has 1 aromatic carbocycles. The molecule has 0 radical (unpaired) electrons. The van der Waals surface area contributed by atoms with Crippen molar-refractivity contribution in [1.29, 1.82) is 0 Å². The fourth-order valence-corrected chi connectivity index (χ4v) is 1.77. The van der Waals surface area contributed by atoms with Crippen LogP contribution in [0.25, 0.3) is 0 Å². The van der Waals surface area contributed by atoms with Crippen LogP contribution in [0.5, 0.6) is 0 Å². The molecule has 0 saturated heterocycles. The maximum atomic E-state index is 13.1. The van der Waals surface area contributed by atoms with E-state index in [0.717, 1.165) is 0 Å². The number of hydrogen-bond donors (Lipinski definition) is 2. The van der Waals surface area contributed by atoms with Crippen molar-refractivity contribution >= 4 is 5.91 Å². The van der Waals surface area contributed by atoms with Gasteiger partial charge in [-0.2, -0.15) is 0 Å². The lowest BCUT2D eigenvalue weighted by Gasteiger charge is -2.24. The van der Waals surface area contributed by atoms with Crippen LogP contribution in [0, 0.1) is 5.82 Å². The molecule has 1 aromatic rings. The summed E-state index contributed by atoms with van der Waals surface area (Å²) in [6.45, 7) is 5.96. The van der Waals surface area contributed by atoms with Crippen molar-refractivity contribution < 1.29 is 14.3 Å². The van der Waals surface area contributed by atoms with Gasteiger partial charge in [-0.1, -0.05) is 12.1 Å². The molecule has 0 bridgehead atoms. The minimum atomic E-state index is -0.931. The quantitative estimate of drug-likeness (QED) is 0.835. The summed E-state index contributed by atoms with van der Waals surface area (Å²) in [6.07, 6.45) is -0.931. The Bertz CT molecular complexity index is 451. The van der Waals surface area contributed by atoms with E-state index >= 15 is 0 Å². The molecule has 0 aromatic heterocycles. The first-order chi connectivity index (χ1) is 9.31. The van der Waals surface area contributed by atoms with Crippen LogP contribution in [0.15, 0.2) is 24.3 Å². The molecule has 2 atom stereocenters. The molecule has 0 aliphatic carbocycles. The summed E-state index contributed by atoms with van der Waals surface area (Å²) >= 11 is 0. The number of carbonyl (C=O) groups is 1. The smallest absolute Gasteiger partial charge is 0.234 e. The van der Waals surface area contributed by atoms with Crippen LogP contribution < -0.4 is 5.32 Å². The van der Waals surface area contributed by atoms with E-state index in [4.69, 9.17) is 0 Å². The third kappa shape index (κ3) is 4.90. The molecule has 112 valence electrons. The number of aliphatic hydroxyl groups is 1. The number of aliphatic hydroxyl groups excluding tert-OH is 1. The molecule has 0 spiro atoms. The Balaban J connectivity index is 2.57. The number of hydrogen-bond acceptors (Lipinski definition) is 3. The number of carbonyl (C=O) groups excluding carboxylic acids is 1. The third-order valence-electron chi connectivity index (χ3n) is 3.33. The van der Waals surface area contributed by atoms with E-state index in [1.807, 2.05) is 25.8 Å². The average Bonchev–Trinajstić information content (AvgIpc) is 2.37. The molecule has 0 aliphatic rings. The van der Waals surface area contributed by atoms with Crippen LogP contribution >= 0.6 is 0 Å². The molecule has 0 fully saturated rings. The number of amides is 1. The Morgan fingerprint density at radius 3 is 2.60 bits per heavy atom. The number of benzene rings is 1. The summed E-state index contributed by atoms with van der Waals surface area (Å²) in [5, 5.41) is 12.8. The van der Waals surface area contributed by atoms with Gasteiger partial charge in [-0.3, -0.25) is 9.69 Å². The molecule has 20 heavy (non-hydrogen) atoms. The molecule has 0 unspecified atom stereocenters. The monoisotopic (exact) mass is 282 g/mol. The molecule has 1 amide bonds. The molecular weight excluding hydrogens is 259 g/mol. The number of rotatable bonds is 6. The van der Waals surface area contributed by atoms with E-state index in [1.165, 1.54) is 18.2 Å². The summed E-state index contributed by atoms with van der Waals surface area (Å²) in [5.41, 5.74) is 0.454. The predicted molar refractivity (Wildman–Crippen MR) is 76.7 cm³/mol. The lowest BCUT2D eigenvalue weighted by Crippen LogP contribution is -2.43. The first kappa shape index (κ1) is 16.6. The van der Waals surface area contributed by atoms with E-state index in [-0.39, 0.29) is 18.5 Å². The van der Waals surface area contributed by atoms with Gasteiger partial charge in [-0.25, -0.2) is 4.39 Å². The van der Waals surface area contributed by atoms with E-state index < -0.39 is 18.0 Å².